The average Bonchev–Trinajstić information content (AvgIpc) is 3.00. The number of para-hydroxylation sites is 2. The summed E-state index contributed by atoms with van der Waals surface area (Å²) in [6.45, 7) is 0.724. The van der Waals surface area contributed by atoms with Gasteiger partial charge >= 0.3 is 0 Å². The molecule has 0 atom stereocenters. The number of carbonyl (C=O) groups excluding carboxylic acids is 2. The van der Waals surface area contributed by atoms with Crippen LogP contribution in [-0.2, 0) is 9.59 Å². The van der Waals surface area contributed by atoms with Gasteiger partial charge in [0.05, 0.1) is 0 Å². The molecule has 0 N–H and O–H groups in total. The predicted octanol–water partition coefficient (Wildman–Crippen LogP) is 4.32. The summed E-state index contributed by atoms with van der Waals surface area (Å²) in [6, 6.07) is 18.2. The molecule has 3 aromatic carbocycles. The lowest BCUT2D eigenvalue weighted by Gasteiger charge is -2.11. The average molecular weight is 332 g/mol. The van der Waals surface area contributed by atoms with Crippen LogP contribution in [0.15, 0.2) is 65.1 Å². The van der Waals surface area contributed by atoms with Gasteiger partial charge in [-0.25, -0.2) is 0 Å². The van der Waals surface area contributed by atoms with E-state index in [1.807, 2.05) is 36.4 Å². The highest BCUT2D eigenvalue weighted by Crippen LogP contribution is 2.41. The van der Waals surface area contributed by atoms with Crippen LogP contribution in [0, 0.1) is 0 Å². The van der Waals surface area contributed by atoms with Crippen LogP contribution in [0.1, 0.15) is 0 Å². The van der Waals surface area contributed by atoms with Crippen LogP contribution in [0.25, 0.3) is 33.1 Å². The maximum absolute atomic E-state index is 10.9. The van der Waals surface area contributed by atoms with Gasteiger partial charge in [-0.05, 0) is 18.2 Å². The van der Waals surface area contributed by atoms with E-state index in [2.05, 4.69) is 0 Å². The molecule has 0 unspecified atom stereocenters. The van der Waals surface area contributed by atoms with E-state index in [1.165, 1.54) is 0 Å². The first-order valence-electron chi connectivity index (χ1n) is 7.57. The lowest BCUT2D eigenvalue weighted by molar-refractivity contribution is -0.121. The van der Waals surface area contributed by atoms with Gasteiger partial charge in [0, 0.05) is 28.0 Å². The Labute approximate surface area is 142 Å². The second-order valence-corrected chi connectivity index (χ2v) is 5.37. The van der Waals surface area contributed by atoms with E-state index in [-0.39, 0.29) is 0 Å². The summed E-state index contributed by atoms with van der Waals surface area (Å²) >= 11 is 0. The summed E-state index contributed by atoms with van der Waals surface area (Å²) < 4.78 is 16.0. The van der Waals surface area contributed by atoms with Gasteiger partial charge in [0.1, 0.15) is 22.7 Å². The van der Waals surface area contributed by atoms with Crippen molar-refractivity contribution in [2.75, 3.05) is 0 Å². The van der Waals surface area contributed by atoms with Crippen molar-refractivity contribution >= 4 is 34.9 Å². The normalized spacial score (nSPS) is 10.7. The Bertz CT molecular complexity index is 1090. The van der Waals surface area contributed by atoms with Crippen LogP contribution in [0.3, 0.4) is 0 Å². The Morgan fingerprint density at radius 3 is 2.24 bits per heavy atom. The number of hydrogen-bond acceptors (Lipinski definition) is 5. The summed E-state index contributed by atoms with van der Waals surface area (Å²) in [6.07, 6.45) is 0. The van der Waals surface area contributed by atoms with Gasteiger partial charge in [0.2, 0.25) is 0 Å². The third kappa shape index (κ3) is 2.52. The molecule has 0 spiro atoms. The minimum atomic E-state index is 0.323. The van der Waals surface area contributed by atoms with E-state index < -0.39 is 0 Å². The molecule has 122 valence electrons. The number of hydrogen-bond donors (Lipinski definition) is 0. The third-order valence-electron chi connectivity index (χ3n) is 4.01. The molecule has 4 rings (SSSR count). The molecule has 0 fully saturated rings. The SMILES string of the molecule is O=COc1ccccc1-c1cc2c(cc1OC=O)oc1ccccc12. The zero-order valence-corrected chi connectivity index (χ0v) is 13.0. The lowest BCUT2D eigenvalue weighted by Crippen LogP contribution is -1.95. The maximum Gasteiger partial charge on any atom is 0.298 e. The Kier molecular flexibility index (Phi) is 3.67. The van der Waals surface area contributed by atoms with Gasteiger partial charge in [0.25, 0.3) is 12.9 Å². The molecular weight excluding hydrogens is 320 g/mol. The van der Waals surface area contributed by atoms with Crippen LogP contribution >= 0.6 is 0 Å². The van der Waals surface area contributed by atoms with Crippen molar-refractivity contribution in [2.24, 2.45) is 0 Å². The Balaban J connectivity index is 2.04. The minimum absolute atomic E-state index is 0.323. The molecule has 25 heavy (non-hydrogen) atoms. The Hall–Kier alpha value is -3.60. The minimum Gasteiger partial charge on any atom is -0.456 e. The van der Waals surface area contributed by atoms with Gasteiger partial charge in [-0.2, -0.15) is 0 Å². The highest BCUT2D eigenvalue weighted by molar-refractivity contribution is 6.07. The Morgan fingerprint density at radius 2 is 1.40 bits per heavy atom. The Morgan fingerprint density at radius 1 is 0.680 bits per heavy atom. The summed E-state index contributed by atoms with van der Waals surface area (Å²) in [5, 5.41) is 1.83. The second-order valence-electron chi connectivity index (χ2n) is 5.37. The maximum atomic E-state index is 10.9. The largest absolute Gasteiger partial charge is 0.456 e. The lowest BCUT2D eigenvalue weighted by atomic mass is 10.0. The van der Waals surface area contributed by atoms with Crippen molar-refractivity contribution in [1.29, 1.82) is 0 Å². The molecule has 4 aromatic rings. The topological polar surface area (TPSA) is 65.7 Å². The smallest absolute Gasteiger partial charge is 0.298 e. The van der Waals surface area contributed by atoms with E-state index in [0.717, 1.165) is 16.4 Å². The number of furan rings is 1. The highest BCUT2D eigenvalue weighted by atomic mass is 16.5. The second kappa shape index (κ2) is 6.13. The summed E-state index contributed by atoms with van der Waals surface area (Å²) in [7, 11) is 0. The summed E-state index contributed by atoms with van der Waals surface area (Å²) in [5.41, 5.74) is 2.61. The van der Waals surface area contributed by atoms with Gasteiger partial charge in [0.15, 0.2) is 0 Å². The van der Waals surface area contributed by atoms with Gasteiger partial charge in [-0.15, -0.1) is 0 Å². The molecule has 0 amide bonds. The third-order valence-corrected chi connectivity index (χ3v) is 4.01. The van der Waals surface area contributed by atoms with Gasteiger partial charge in [-0.1, -0.05) is 36.4 Å². The highest BCUT2D eigenvalue weighted by Gasteiger charge is 2.16. The van der Waals surface area contributed by atoms with Crippen LogP contribution in [0.4, 0.5) is 0 Å². The number of ether oxygens (including phenoxy) is 2. The van der Waals surface area contributed by atoms with Crippen molar-refractivity contribution in [3.63, 3.8) is 0 Å². The fraction of sp³-hybridized carbons (Fsp3) is 0. The number of benzene rings is 3. The molecule has 0 saturated heterocycles. The van der Waals surface area contributed by atoms with E-state index in [9.17, 15) is 9.59 Å². The van der Waals surface area contributed by atoms with Crippen LogP contribution in [0.5, 0.6) is 11.5 Å². The van der Waals surface area contributed by atoms with Crippen molar-refractivity contribution in [3.8, 4) is 22.6 Å². The van der Waals surface area contributed by atoms with Crippen molar-refractivity contribution < 1.29 is 23.5 Å². The number of carbonyl (C=O) groups is 2. The molecular formula is C20H12O5. The summed E-state index contributed by atoms with van der Waals surface area (Å²) in [4.78, 5) is 21.7. The van der Waals surface area contributed by atoms with Crippen molar-refractivity contribution in [2.45, 2.75) is 0 Å². The molecule has 5 heteroatoms. The molecule has 0 radical (unpaired) electrons. The summed E-state index contributed by atoms with van der Waals surface area (Å²) in [5.74, 6) is 0.698. The molecule has 0 bridgehead atoms. The van der Waals surface area contributed by atoms with E-state index in [4.69, 9.17) is 13.9 Å². The number of rotatable bonds is 5. The van der Waals surface area contributed by atoms with Crippen LogP contribution in [0.2, 0.25) is 0 Å². The fourth-order valence-corrected chi connectivity index (χ4v) is 2.96. The quantitative estimate of drug-likeness (QED) is 0.509. The first-order valence-corrected chi connectivity index (χ1v) is 7.57. The molecule has 0 aliphatic rings. The zero-order valence-electron chi connectivity index (χ0n) is 13.0. The first-order chi connectivity index (χ1) is 12.3. The number of fused-ring (bicyclic) bond motifs is 3. The molecule has 0 saturated carbocycles. The first kappa shape index (κ1) is 15.0. The van der Waals surface area contributed by atoms with Gasteiger partial charge in [-0.3, -0.25) is 9.59 Å². The van der Waals surface area contributed by atoms with Crippen LogP contribution < -0.4 is 9.47 Å². The molecule has 0 aliphatic heterocycles. The van der Waals surface area contributed by atoms with E-state index >= 15 is 0 Å². The standard InChI is InChI=1S/C20H12O5/c21-11-23-17-7-3-1-5-13(17)15-9-16-14-6-2-4-8-18(14)25-20(16)10-19(15)24-12-22/h1-12H. The fourth-order valence-electron chi connectivity index (χ4n) is 2.96. The molecule has 1 aromatic heterocycles. The zero-order chi connectivity index (χ0) is 17.2. The van der Waals surface area contributed by atoms with E-state index in [0.29, 0.717) is 41.2 Å². The predicted molar refractivity (Wildman–Crippen MR) is 92.5 cm³/mol. The monoisotopic (exact) mass is 332 g/mol. The van der Waals surface area contributed by atoms with Crippen LogP contribution in [-0.4, -0.2) is 12.9 Å². The van der Waals surface area contributed by atoms with Crippen molar-refractivity contribution in [1.82, 2.24) is 0 Å². The molecule has 1 heterocycles. The van der Waals surface area contributed by atoms with Crippen molar-refractivity contribution in [3.05, 3.63) is 60.7 Å². The molecule has 0 aliphatic carbocycles. The van der Waals surface area contributed by atoms with Gasteiger partial charge < -0.3 is 13.9 Å². The van der Waals surface area contributed by atoms with E-state index in [1.54, 1.807) is 24.3 Å². The molecule has 5 nitrogen and oxygen atoms in total.